The number of aryl methyl sites for hydroxylation is 1. The van der Waals surface area contributed by atoms with Gasteiger partial charge in [0.15, 0.2) is 0 Å². The van der Waals surface area contributed by atoms with E-state index in [-0.39, 0.29) is 5.56 Å². The number of anilines is 1. The molecule has 0 bridgehead atoms. The first kappa shape index (κ1) is 9.14. The average molecular weight is 210 g/mol. The lowest BCUT2D eigenvalue weighted by atomic mass is 10.3. The number of fused-ring (bicyclic) bond motifs is 1. The maximum atomic E-state index is 11.5. The lowest BCUT2D eigenvalue weighted by Crippen LogP contribution is -2.15. The Balaban J connectivity index is 2.73. The SMILES string of the molecule is CCc1cc(=O)n2nc(NC)sc2n1. The molecule has 0 atom stereocenters. The van der Waals surface area contributed by atoms with Gasteiger partial charge in [0, 0.05) is 18.8 Å². The van der Waals surface area contributed by atoms with Crippen molar-refractivity contribution in [1.29, 1.82) is 0 Å². The molecule has 2 heterocycles. The van der Waals surface area contributed by atoms with Crippen LogP contribution < -0.4 is 10.9 Å². The van der Waals surface area contributed by atoms with Crippen LogP contribution in [0, 0.1) is 0 Å². The van der Waals surface area contributed by atoms with Gasteiger partial charge < -0.3 is 5.32 Å². The first-order valence-electron chi connectivity index (χ1n) is 4.32. The van der Waals surface area contributed by atoms with Crippen molar-refractivity contribution in [3.63, 3.8) is 0 Å². The predicted octanol–water partition coefficient (Wildman–Crippen LogP) is 0.755. The molecule has 6 heteroatoms. The fourth-order valence-electron chi connectivity index (χ4n) is 1.14. The summed E-state index contributed by atoms with van der Waals surface area (Å²) in [4.78, 5) is 16.5. The van der Waals surface area contributed by atoms with E-state index in [0.717, 1.165) is 12.1 Å². The van der Waals surface area contributed by atoms with Crippen molar-refractivity contribution in [3.8, 4) is 0 Å². The van der Waals surface area contributed by atoms with Crippen LogP contribution in [0.15, 0.2) is 10.9 Å². The average Bonchev–Trinajstić information content (AvgIpc) is 2.61. The van der Waals surface area contributed by atoms with Crippen molar-refractivity contribution >= 4 is 21.4 Å². The molecular formula is C8H10N4OS. The van der Waals surface area contributed by atoms with Gasteiger partial charge in [0.05, 0.1) is 0 Å². The van der Waals surface area contributed by atoms with Crippen molar-refractivity contribution in [2.75, 3.05) is 12.4 Å². The molecule has 0 saturated heterocycles. The number of nitrogens with one attached hydrogen (secondary N) is 1. The molecule has 5 nitrogen and oxygen atoms in total. The van der Waals surface area contributed by atoms with E-state index in [1.54, 1.807) is 7.05 Å². The quantitative estimate of drug-likeness (QED) is 0.794. The van der Waals surface area contributed by atoms with Crippen molar-refractivity contribution < 1.29 is 0 Å². The van der Waals surface area contributed by atoms with Gasteiger partial charge in [0.1, 0.15) is 0 Å². The van der Waals surface area contributed by atoms with Crippen molar-refractivity contribution in [2.24, 2.45) is 0 Å². The number of nitrogens with zero attached hydrogens (tertiary/aromatic N) is 3. The maximum Gasteiger partial charge on any atom is 0.275 e. The van der Waals surface area contributed by atoms with E-state index in [2.05, 4.69) is 15.4 Å². The number of hydrogen-bond acceptors (Lipinski definition) is 5. The van der Waals surface area contributed by atoms with Gasteiger partial charge in [-0.05, 0) is 6.42 Å². The van der Waals surface area contributed by atoms with Crippen LogP contribution in [0.1, 0.15) is 12.6 Å². The molecule has 0 aliphatic carbocycles. The van der Waals surface area contributed by atoms with Gasteiger partial charge in [0.2, 0.25) is 10.1 Å². The minimum atomic E-state index is -0.121. The summed E-state index contributed by atoms with van der Waals surface area (Å²) in [5.41, 5.74) is 0.686. The molecule has 74 valence electrons. The highest BCUT2D eigenvalue weighted by Gasteiger charge is 2.06. The van der Waals surface area contributed by atoms with Crippen LogP contribution in [0.3, 0.4) is 0 Å². The zero-order valence-corrected chi connectivity index (χ0v) is 8.76. The second-order valence-electron chi connectivity index (χ2n) is 2.79. The predicted molar refractivity (Wildman–Crippen MR) is 56.1 cm³/mol. The van der Waals surface area contributed by atoms with Crippen LogP contribution >= 0.6 is 11.3 Å². The van der Waals surface area contributed by atoms with Crippen molar-refractivity contribution in [2.45, 2.75) is 13.3 Å². The summed E-state index contributed by atoms with van der Waals surface area (Å²) in [7, 11) is 1.77. The highest BCUT2D eigenvalue weighted by Crippen LogP contribution is 2.15. The summed E-state index contributed by atoms with van der Waals surface area (Å²) in [5.74, 6) is 0. The van der Waals surface area contributed by atoms with Crippen LogP contribution in [0.4, 0.5) is 5.13 Å². The molecule has 2 aromatic heterocycles. The Morgan fingerprint density at radius 2 is 2.43 bits per heavy atom. The molecule has 0 unspecified atom stereocenters. The summed E-state index contributed by atoms with van der Waals surface area (Å²) in [5, 5.41) is 7.64. The molecule has 14 heavy (non-hydrogen) atoms. The van der Waals surface area contributed by atoms with Crippen molar-refractivity contribution in [1.82, 2.24) is 14.6 Å². The van der Waals surface area contributed by atoms with E-state index < -0.39 is 0 Å². The Bertz CT molecular complexity index is 516. The van der Waals surface area contributed by atoms with Gasteiger partial charge in [-0.2, -0.15) is 4.52 Å². The zero-order chi connectivity index (χ0) is 10.1. The van der Waals surface area contributed by atoms with E-state index in [9.17, 15) is 4.79 Å². The molecule has 0 aromatic carbocycles. The Kier molecular flexibility index (Phi) is 2.20. The Labute approximate surface area is 84.4 Å². The highest BCUT2D eigenvalue weighted by atomic mass is 32.1. The molecule has 2 rings (SSSR count). The van der Waals surface area contributed by atoms with Gasteiger partial charge in [-0.1, -0.05) is 18.3 Å². The smallest absolute Gasteiger partial charge is 0.275 e. The normalized spacial score (nSPS) is 10.7. The lowest BCUT2D eigenvalue weighted by molar-refractivity contribution is 0.878. The van der Waals surface area contributed by atoms with Crippen LogP contribution in [-0.4, -0.2) is 21.6 Å². The third-order valence-electron chi connectivity index (χ3n) is 1.87. The Hall–Kier alpha value is -1.43. The third kappa shape index (κ3) is 1.37. The molecule has 0 aliphatic heterocycles. The lowest BCUT2D eigenvalue weighted by Gasteiger charge is -1.93. The van der Waals surface area contributed by atoms with E-state index in [4.69, 9.17) is 0 Å². The standard InChI is InChI=1S/C8H10N4OS/c1-3-5-4-6(13)12-8(10-5)14-7(9-2)11-12/h4H,3H2,1-2H3,(H,9,11). The minimum absolute atomic E-state index is 0.121. The van der Waals surface area contributed by atoms with Gasteiger partial charge in [-0.3, -0.25) is 4.79 Å². The zero-order valence-electron chi connectivity index (χ0n) is 7.94. The van der Waals surface area contributed by atoms with E-state index in [1.165, 1.54) is 21.9 Å². The van der Waals surface area contributed by atoms with Crippen LogP contribution in [0.25, 0.3) is 4.96 Å². The summed E-state index contributed by atoms with van der Waals surface area (Å²) in [6.07, 6.45) is 0.762. The summed E-state index contributed by atoms with van der Waals surface area (Å²) in [6.45, 7) is 1.97. The molecule has 0 fully saturated rings. The monoisotopic (exact) mass is 210 g/mol. The van der Waals surface area contributed by atoms with Crippen molar-refractivity contribution in [3.05, 3.63) is 22.1 Å². The van der Waals surface area contributed by atoms with Crippen LogP contribution in [-0.2, 0) is 6.42 Å². The Morgan fingerprint density at radius 3 is 3.07 bits per heavy atom. The molecule has 1 N–H and O–H groups in total. The summed E-state index contributed by atoms with van der Waals surface area (Å²) < 4.78 is 1.32. The number of rotatable bonds is 2. The molecule has 0 aliphatic rings. The third-order valence-corrected chi connectivity index (χ3v) is 2.80. The largest absolute Gasteiger partial charge is 0.363 e. The minimum Gasteiger partial charge on any atom is -0.363 e. The van der Waals surface area contributed by atoms with Gasteiger partial charge >= 0.3 is 0 Å². The first-order chi connectivity index (χ1) is 6.74. The molecule has 0 saturated carbocycles. The first-order valence-corrected chi connectivity index (χ1v) is 5.13. The van der Waals surface area contributed by atoms with E-state index in [0.29, 0.717) is 10.1 Å². The number of hydrogen-bond donors (Lipinski definition) is 1. The van der Waals surface area contributed by atoms with Crippen LogP contribution in [0.2, 0.25) is 0 Å². The summed E-state index contributed by atoms with van der Waals surface area (Å²) >= 11 is 1.37. The molecule has 2 aromatic rings. The van der Waals surface area contributed by atoms with Gasteiger partial charge in [0.25, 0.3) is 5.56 Å². The van der Waals surface area contributed by atoms with Gasteiger partial charge in [-0.15, -0.1) is 5.10 Å². The van der Waals surface area contributed by atoms with Crippen LogP contribution in [0.5, 0.6) is 0 Å². The fourth-order valence-corrected chi connectivity index (χ4v) is 1.92. The number of aromatic nitrogens is 3. The second-order valence-corrected chi connectivity index (χ2v) is 3.75. The van der Waals surface area contributed by atoms with E-state index >= 15 is 0 Å². The molecular weight excluding hydrogens is 200 g/mol. The fraction of sp³-hybridized carbons (Fsp3) is 0.375. The van der Waals surface area contributed by atoms with Gasteiger partial charge in [-0.25, -0.2) is 4.98 Å². The highest BCUT2D eigenvalue weighted by molar-refractivity contribution is 7.20. The van der Waals surface area contributed by atoms with E-state index in [1.807, 2.05) is 6.92 Å². The molecule has 0 amide bonds. The maximum absolute atomic E-state index is 11.5. The summed E-state index contributed by atoms with van der Waals surface area (Å²) in [6, 6.07) is 1.52. The molecule has 0 spiro atoms. The Morgan fingerprint density at radius 1 is 1.64 bits per heavy atom. The second kappa shape index (κ2) is 3.38. The molecule has 0 radical (unpaired) electrons. The topological polar surface area (TPSA) is 59.3 Å².